The zero-order chi connectivity index (χ0) is 20.6. The van der Waals surface area contributed by atoms with Gasteiger partial charge in [0.15, 0.2) is 0 Å². The molecule has 0 aliphatic rings. The molecule has 0 amide bonds. The fourth-order valence-electron chi connectivity index (χ4n) is 2.34. The van der Waals surface area contributed by atoms with Gasteiger partial charge in [-0.15, -0.1) is 10.2 Å². The Bertz CT molecular complexity index is 1080. The number of non-ortho nitro benzene ring substituents is 1. The number of anilines is 1. The molecule has 0 spiro atoms. The topological polar surface area (TPSA) is 135 Å². The van der Waals surface area contributed by atoms with Crippen LogP contribution in [-0.4, -0.2) is 15.7 Å². The number of hydrazone groups is 1. The van der Waals surface area contributed by atoms with E-state index in [2.05, 4.69) is 20.8 Å². The van der Waals surface area contributed by atoms with Gasteiger partial charge in [-0.25, -0.2) is 0 Å². The summed E-state index contributed by atoms with van der Waals surface area (Å²) in [4.78, 5) is 21.3. The number of benzene rings is 3. The summed E-state index contributed by atoms with van der Waals surface area (Å²) in [5.41, 5.74) is 3.00. The normalized spacial score (nSPS) is 11.4. The van der Waals surface area contributed by atoms with Crippen molar-refractivity contribution in [3.63, 3.8) is 0 Å². The fourth-order valence-corrected chi connectivity index (χ4v) is 2.34. The molecule has 0 fully saturated rings. The Hall–Kier alpha value is -4.47. The highest BCUT2D eigenvalue weighted by Crippen LogP contribution is 2.26. The van der Waals surface area contributed by atoms with Crippen molar-refractivity contribution in [2.24, 2.45) is 15.3 Å². The first-order valence-electron chi connectivity index (χ1n) is 8.33. The molecular weight excluding hydrogens is 376 g/mol. The van der Waals surface area contributed by atoms with Crippen LogP contribution in [0.5, 0.6) is 0 Å². The standard InChI is InChI=1S/C19H14N6O4/c26-24(27)16-11-12-18(25(28)29)17(13-16)19(22-20-14-7-3-1-4-8-14)23-21-15-9-5-2-6-10-15/h1-13,20H/b22-19+,23-21?. The van der Waals surface area contributed by atoms with E-state index < -0.39 is 9.85 Å². The minimum atomic E-state index is -0.658. The third-order valence-electron chi connectivity index (χ3n) is 3.71. The minimum absolute atomic E-state index is 0.132. The summed E-state index contributed by atoms with van der Waals surface area (Å²) >= 11 is 0. The van der Waals surface area contributed by atoms with Crippen LogP contribution in [0.15, 0.2) is 94.2 Å². The van der Waals surface area contributed by atoms with Gasteiger partial charge in [0.25, 0.3) is 11.4 Å². The number of hydrogen-bond acceptors (Lipinski definition) is 7. The van der Waals surface area contributed by atoms with Gasteiger partial charge in [-0.3, -0.25) is 25.7 Å². The number of hydrogen-bond donors (Lipinski definition) is 1. The zero-order valence-corrected chi connectivity index (χ0v) is 14.9. The third-order valence-corrected chi connectivity index (χ3v) is 3.71. The number of azo groups is 1. The third kappa shape index (κ3) is 5.04. The first-order chi connectivity index (χ1) is 14.0. The Labute approximate surface area is 164 Å². The number of rotatable bonds is 6. The lowest BCUT2D eigenvalue weighted by Crippen LogP contribution is -2.06. The summed E-state index contributed by atoms with van der Waals surface area (Å²) < 4.78 is 0. The summed E-state index contributed by atoms with van der Waals surface area (Å²) in [7, 11) is 0. The van der Waals surface area contributed by atoms with Crippen molar-refractivity contribution in [3.8, 4) is 0 Å². The predicted molar refractivity (Wildman–Crippen MR) is 107 cm³/mol. The molecule has 0 aliphatic carbocycles. The minimum Gasteiger partial charge on any atom is -0.276 e. The van der Waals surface area contributed by atoms with Crippen molar-refractivity contribution in [1.82, 2.24) is 0 Å². The maximum absolute atomic E-state index is 11.4. The predicted octanol–water partition coefficient (Wildman–Crippen LogP) is 5.06. The average molecular weight is 390 g/mol. The number of nitrogens with one attached hydrogen (secondary N) is 1. The van der Waals surface area contributed by atoms with Crippen LogP contribution in [0, 0.1) is 20.2 Å². The summed E-state index contributed by atoms with van der Waals surface area (Å²) in [6.45, 7) is 0. The summed E-state index contributed by atoms with van der Waals surface area (Å²) in [6.07, 6.45) is 0. The van der Waals surface area contributed by atoms with Gasteiger partial charge in [0.2, 0.25) is 5.84 Å². The van der Waals surface area contributed by atoms with Crippen LogP contribution in [0.1, 0.15) is 5.56 Å². The smallest absolute Gasteiger partial charge is 0.276 e. The SMILES string of the molecule is O=[N+]([O-])c1ccc([N+](=O)[O-])c(/C(N=Nc2ccccc2)=N\Nc2ccccc2)c1. The van der Waals surface area contributed by atoms with Crippen molar-refractivity contribution in [3.05, 3.63) is 105 Å². The van der Waals surface area contributed by atoms with Crippen LogP contribution in [0.25, 0.3) is 0 Å². The Balaban J connectivity index is 2.09. The van der Waals surface area contributed by atoms with Crippen molar-refractivity contribution in [1.29, 1.82) is 0 Å². The number of para-hydroxylation sites is 1. The number of nitrogens with zero attached hydrogens (tertiary/aromatic N) is 5. The molecule has 0 heterocycles. The lowest BCUT2D eigenvalue weighted by molar-refractivity contribution is -0.389. The molecule has 3 aromatic carbocycles. The van der Waals surface area contributed by atoms with E-state index in [0.717, 1.165) is 18.2 Å². The quantitative estimate of drug-likeness (QED) is 0.206. The van der Waals surface area contributed by atoms with E-state index in [-0.39, 0.29) is 22.8 Å². The van der Waals surface area contributed by atoms with Gasteiger partial charge in [0.1, 0.15) is 5.56 Å². The van der Waals surface area contributed by atoms with Crippen LogP contribution in [-0.2, 0) is 0 Å². The van der Waals surface area contributed by atoms with Crippen LogP contribution < -0.4 is 5.43 Å². The van der Waals surface area contributed by atoms with Gasteiger partial charge in [-0.1, -0.05) is 36.4 Å². The first kappa shape index (κ1) is 19.3. The van der Waals surface area contributed by atoms with E-state index in [0.29, 0.717) is 11.4 Å². The van der Waals surface area contributed by atoms with E-state index in [4.69, 9.17) is 0 Å². The molecule has 10 heteroatoms. The Morgan fingerprint density at radius 2 is 1.48 bits per heavy atom. The lowest BCUT2D eigenvalue weighted by atomic mass is 10.1. The van der Waals surface area contributed by atoms with E-state index in [9.17, 15) is 20.2 Å². The van der Waals surface area contributed by atoms with Crippen molar-refractivity contribution >= 4 is 28.6 Å². The number of nitro benzene ring substituents is 2. The highest BCUT2D eigenvalue weighted by atomic mass is 16.6. The van der Waals surface area contributed by atoms with Crippen molar-refractivity contribution in [2.75, 3.05) is 5.43 Å². The molecular formula is C19H14N6O4. The van der Waals surface area contributed by atoms with E-state index in [1.807, 2.05) is 6.07 Å². The Morgan fingerprint density at radius 1 is 0.828 bits per heavy atom. The zero-order valence-electron chi connectivity index (χ0n) is 14.9. The second-order valence-electron chi connectivity index (χ2n) is 5.66. The summed E-state index contributed by atoms with van der Waals surface area (Å²) in [5, 5.41) is 34.7. The molecule has 3 rings (SSSR count). The monoisotopic (exact) mass is 390 g/mol. The van der Waals surface area contributed by atoms with Gasteiger partial charge in [0.05, 0.1) is 21.2 Å². The molecule has 0 aliphatic heterocycles. The van der Waals surface area contributed by atoms with Crippen LogP contribution >= 0.6 is 0 Å². The summed E-state index contributed by atoms with van der Waals surface area (Å²) in [6, 6.07) is 20.7. The molecule has 0 atom stereocenters. The Morgan fingerprint density at radius 3 is 2.10 bits per heavy atom. The molecule has 0 aromatic heterocycles. The molecule has 0 bridgehead atoms. The highest BCUT2D eigenvalue weighted by molar-refractivity contribution is 6.03. The average Bonchev–Trinajstić information content (AvgIpc) is 2.74. The molecule has 1 N–H and O–H groups in total. The van der Waals surface area contributed by atoms with Crippen molar-refractivity contribution in [2.45, 2.75) is 0 Å². The van der Waals surface area contributed by atoms with Gasteiger partial charge in [-0.2, -0.15) is 5.10 Å². The number of amidine groups is 1. The van der Waals surface area contributed by atoms with E-state index in [1.54, 1.807) is 54.6 Å². The lowest BCUT2D eigenvalue weighted by Gasteiger charge is -2.04. The van der Waals surface area contributed by atoms with E-state index >= 15 is 0 Å². The number of nitro groups is 2. The molecule has 29 heavy (non-hydrogen) atoms. The first-order valence-corrected chi connectivity index (χ1v) is 8.33. The van der Waals surface area contributed by atoms with E-state index in [1.165, 1.54) is 0 Å². The Kier molecular flexibility index (Phi) is 5.96. The highest BCUT2D eigenvalue weighted by Gasteiger charge is 2.23. The van der Waals surface area contributed by atoms with Gasteiger partial charge in [-0.05, 0) is 24.3 Å². The largest absolute Gasteiger partial charge is 0.281 e. The van der Waals surface area contributed by atoms with Gasteiger partial charge >= 0.3 is 0 Å². The molecule has 0 saturated carbocycles. The van der Waals surface area contributed by atoms with Gasteiger partial charge in [0, 0.05) is 18.2 Å². The molecule has 144 valence electrons. The maximum atomic E-state index is 11.4. The second kappa shape index (κ2) is 8.95. The fraction of sp³-hybridized carbons (Fsp3) is 0. The van der Waals surface area contributed by atoms with Crippen LogP contribution in [0.4, 0.5) is 22.7 Å². The second-order valence-corrected chi connectivity index (χ2v) is 5.66. The maximum Gasteiger partial charge on any atom is 0.281 e. The van der Waals surface area contributed by atoms with Crippen LogP contribution in [0.2, 0.25) is 0 Å². The molecule has 3 aromatic rings. The molecule has 10 nitrogen and oxygen atoms in total. The molecule has 0 radical (unpaired) electrons. The molecule has 0 unspecified atom stereocenters. The summed E-state index contributed by atoms with van der Waals surface area (Å²) in [5.74, 6) is -0.173. The molecule has 0 saturated heterocycles. The van der Waals surface area contributed by atoms with Gasteiger partial charge < -0.3 is 0 Å². The van der Waals surface area contributed by atoms with Crippen molar-refractivity contribution < 1.29 is 9.85 Å². The van der Waals surface area contributed by atoms with Crippen LogP contribution in [0.3, 0.4) is 0 Å².